The first-order valence-corrected chi connectivity index (χ1v) is 10.7. The fourth-order valence-electron chi connectivity index (χ4n) is 4.04. The molecule has 3 heterocycles. The van der Waals surface area contributed by atoms with E-state index in [1.807, 2.05) is 19.9 Å². The second-order valence-electron chi connectivity index (χ2n) is 8.43. The number of nitrogen functional groups attached to an aromatic ring is 1. The Morgan fingerprint density at radius 2 is 2.06 bits per heavy atom. The summed E-state index contributed by atoms with van der Waals surface area (Å²) in [5.74, 6) is 0.339. The van der Waals surface area contributed by atoms with Gasteiger partial charge >= 0.3 is 6.18 Å². The van der Waals surface area contributed by atoms with Crippen LogP contribution in [0, 0.1) is 12.8 Å². The lowest BCUT2D eigenvalue weighted by atomic mass is 9.97. The number of pyridine rings is 2. The molecule has 9 heteroatoms. The van der Waals surface area contributed by atoms with E-state index < -0.39 is 11.7 Å². The van der Waals surface area contributed by atoms with Crippen LogP contribution < -0.4 is 5.73 Å². The molecule has 0 unspecified atom stereocenters. The number of anilines is 1. The third-order valence-electron chi connectivity index (χ3n) is 6.18. The molecule has 4 rings (SSSR count). The molecule has 0 bridgehead atoms. The summed E-state index contributed by atoms with van der Waals surface area (Å²) in [7, 11) is 0. The first kappa shape index (κ1) is 23.0. The Balaban J connectivity index is 1.66. The number of carbonyl (C=O) groups excluding carboxylic acids is 1. The van der Waals surface area contributed by atoms with Gasteiger partial charge in [-0.3, -0.25) is 9.78 Å². The summed E-state index contributed by atoms with van der Waals surface area (Å²) in [5, 5.41) is 0.789. The van der Waals surface area contributed by atoms with E-state index in [1.54, 1.807) is 23.1 Å². The van der Waals surface area contributed by atoms with E-state index in [-0.39, 0.29) is 24.4 Å². The van der Waals surface area contributed by atoms with Crippen LogP contribution in [-0.2, 0) is 17.5 Å². The van der Waals surface area contributed by atoms with Gasteiger partial charge in [0.1, 0.15) is 5.82 Å². The van der Waals surface area contributed by atoms with Crippen LogP contribution in [0.3, 0.4) is 0 Å². The number of nitrogens with two attached hydrogens (primary N) is 1. The quantitative estimate of drug-likeness (QED) is 0.604. The van der Waals surface area contributed by atoms with Crippen molar-refractivity contribution in [3.63, 3.8) is 0 Å². The minimum Gasteiger partial charge on any atom is -0.383 e. The number of halogens is 3. The van der Waals surface area contributed by atoms with Crippen molar-refractivity contribution in [2.45, 2.75) is 39.0 Å². The van der Waals surface area contributed by atoms with Gasteiger partial charge in [0.25, 0.3) is 5.91 Å². The maximum Gasteiger partial charge on any atom is 0.417 e. The number of aryl methyl sites for hydroxylation is 1. The van der Waals surface area contributed by atoms with Gasteiger partial charge in [-0.1, -0.05) is 0 Å². The normalized spacial score (nSPS) is 17.3. The van der Waals surface area contributed by atoms with Crippen LogP contribution in [0.15, 0.2) is 42.6 Å². The lowest BCUT2D eigenvalue weighted by molar-refractivity contribution is -0.137. The van der Waals surface area contributed by atoms with Gasteiger partial charge < -0.3 is 15.4 Å². The fraction of sp³-hybridized carbons (Fsp3) is 0.375. The number of nitrogens with zero attached hydrogens (tertiary/aromatic N) is 3. The minimum absolute atomic E-state index is 0.0890. The lowest BCUT2D eigenvalue weighted by Crippen LogP contribution is -2.42. The number of fused-ring (bicyclic) bond motifs is 1. The predicted molar refractivity (Wildman–Crippen MR) is 118 cm³/mol. The topological polar surface area (TPSA) is 81.3 Å². The van der Waals surface area contributed by atoms with Crippen LogP contribution in [0.1, 0.15) is 40.5 Å². The Labute approximate surface area is 189 Å². The number of benzene rings is 1. The number of amides is 1. The molecule has 1 fully saturated rings. The second kappa shape index (κ2) is 8.97. The maximum atomic E-state index is 13.6. The Morgan fingerprint density at radius 3 is 2.70 bits per heavy atom. The number of alkyl halides is 3. The lowest BCUT2D eigenvalue weighted by Gasteiger charge is -2.32. The summed E-state index contributed by atoms with van der Waals surface area (Å²) in [5.41, 5.74) is 7.41. The first-order chi connectivity index (χ1) is 15.6. The Bertz CT molecular complexity index is 1160. The largest absolute Gasteiger partial charge is 0.417 e. The van der Waals surface area contributed by atoms with Crippen LogP contribution in [0.25, 0.3) is 10.9 Å². The van der Waals surface area contributed by atoms with E-state index in [4.69, 9.17) is 10.5 Å². The van der Waals surface area contributed by atoms with Crippen molar-refractivity contribution >= 4 is 22.6 Å². The fourth-order valence-corrected chi connectivity index (χ4v) is 4.04. The van der Waals surface area contributed by atoms with Gasteiger partial charge in [0.2, 0.25) is 0 Å². The maximum absolute atomic E-state index is 13.6. The molecule has 1 aliphatic heterocycles. The van der Waals surface area contributed by atoms with Gasteiger partial charge in [-0.2, -0.15) is 13.2 Å². The zero-order chi connectivity index (χ0) is 23.8. The van der Waals surface area contributed by atoms with Gasteiger partial charge in [0.05, 0.1) is 29.9 Å². The Morgan fingerprint density at radius 1 is 1.27 bits per heavy atom. The van der Waals surface area contributed by atoms with Crippen molar-refractivity contribution in [1.82, 2.24) is 14.9 Å². The highest BCUT2D eigenvalue weighted by Gasteiger charge is 2.33. The second-order valence-corrected chi connectivity index (χ2v) is 8.43. The molecule has 2 atom stereocenters. The number of rotatable bonds is 5. The van der Waals surface area contributed by atoms with Crippen LogP contribution >= 0.6 is 0 Å². The molecule has 1 amide bonds. The molecule has 2 N–H and O–H groups in total. The number of ether oxygens (including phenoxy) is 1. The molecule has 1 aromatic carbocycles. The smallest absolute Gasteiger partial charge is 0.383 e. The van der Waals surface area contributed by atoms with Gasteiger partial charge in [-0.05, 0) is 62.2 Å². The van der Waals surface area contributed by atoms with E-state index in [1.165, 1.54) is 6.07 Å². The summed E-state index contributed by atoms with van der Waals surface area (Å²) < 4.78 is 44.2. The highest BCUT2D eigenvalue weighted by molar-refractivity contribution is 5.98. The van der Waals surface area contributed by atoms with Crippen molar-refractivity contribution in [1.29, 1.82) is 0 Å². The zero-order valence-electron chi connectivity index (χ0n) is 18.4. The SMILES string of the molecule is Cc1cc2cc(C(=O)N(Cc3ccc(C(F)(F)F)cn3)[C@H](C)[C@@H]3CCOC3)ccc2nc1N. The molecule has 0 aliphatic carbocycles. The number of hydrogen-bond donors (Lipinski definition) is 1. The van der Waals surface area contributed by atoms with Gasteiger partial charge in [0.15, 0.2) is 0 Å². The van der Waals surface area contributed by atoms with E-state index in [0.29, 0.717) is 35.8 Å². The summed E-state index contributed by atoms with van der Waals surface area (Å²) in [6.07, 6.45) is -2.85. The Kier molecular flexibility index (Phi) is 6.25. The molecule has 33 heavy (non-hydrogen) atoms. The van der Waals surface area contributed by atoms with Crippen molar-refractivity contribution < 1.29 is 22.7 Å². The van der Waals surface area contributed by atoms with Crippen molar-refractivity contribution in [3.05, 3.63) is 65.0 Å². The van der Waals surface area contributed by atoms with Crippen LogP contribution in [0.4, 0.5) is 19.0 Å². The summed E-state index contributed by atoms with van der Waals surface area (Å²) in [6.45, 7) is 5.03. The third kappa shape index (κ3) is 4.93. The van der Waals surface area contributed by atoms with Crippen LogP contribution in [-0.4, -0.2) is 40.0 Å². The zero-order valence-corrected chi connectivity index (χ0v) is 18.4. The third-order valence-corrected chi connectivity index (χ3v) is 6.18. The van der Waals surface area contributed by atoms with E-state index in [9.17, 15) is 18.0 Å². The molecule has 1 saturated heterocycles. The van der Waals surface area contributed by atoms with E-state index >= 15 is 0 Å². The van der Waals surface area contributed by atoms with Crippen LogP contribution in [0.2, 0.25) is 0 Å². The van der Waals surface area contributed by atoms with Crippen molar-refractivity contribution in [2.24, 2.45) is 5.92 Å². The van der Waals surface area contributed by atoms with E-state index in [2.05, 4.69) is 9.97 Å². The van der Waals surface area contributed by atoms with Crippen molar-refractivity contribution in [2.75, 3.05) is 18.9 Å². The molecule has 3 aromatic rings. The van der Waals surface area contributed by atoms with Gasteiger partial charge in [-0.15, -0.1) is 0 Å². The van der Waals surface area contributed by atoms with Crippen LogP contribution in [0.5, 0.6) is 0 Å². The minimum atomic E-state index is -4.46. The first-order valence-electron chi connectivity index (χ1n) is 10.7. The average Bonchev–Trinajstić information content (AvgIpc) is 3.32. The monoisotopic (exact) mass is 458 g/mol. The standard InChI is InChI=1S/C24H25F3N4O2/c1-14-9-18-10-16(3-6-21(18)30-22(14)28)23(32)31(15(2)17-7-8-33-13-17)12-20-5-4-19(11-29-20)24(25,26)27/h3-6,9-11,15,17H,7-8,12-13H2,1-2H3,(H2,28,30)/t15-,17-/m1/s1. The number of carbonyl (C=O) groups is 1. The summed E-state index contributed by atoms with van der Waals surface area (Å²) in [6, 6.07) is 9.20. The van der Waals surface area contributed by atoms with E-state index in [0.717, 1.165) is 29.6 Å². The number of hydrogen-bond acceptors (Lipinski definition) is 5. The summed E-state index contributed by atoms with van der Waals surface area (Å²) >= 11 is 0. The molecule has 1 aliphatic rings. The molecular formula is C24H25F3N4O2. The molecule has 0 radical (unpaired) electrons. The summed E-state index contributed by atoms with van der Waals surface area (Å²) in [4.78, 5) is 23.6. The molecule has 174 valence electrons. The number of aromatic nitrogens is 2. The van der Waals surface area contributed by atoms with Crippen molar-refractivity contribution in [3.8, 4) is 0 Å². The highest BCUT2D eigenvalue weighted by Crippen LogP contribution is 2.29. The van der Waals surface area contributed by atoms with Gasteiger partial charge in [-0.25, -0.2) is 4.98 Å². The predicted octanol–water partition coefficient (Wildman–Crippen LogP) is 4.61. The molecule has 6 nitrogen and oxygen atoms in total. The average molecular weight is 458 g/mol. The highest BCUT2D eigenvalue weighted by atomic mass is 19.4. The Hall–Kier alpha value is -3.20. The molecule has 2 aromatic heterocycles. The van der Waals surface area contributed by atoms with Gasteiger partial charge in [0, 0.05) is 35.7 Å². The molecule has 0 saturated carbocycles. The molecular weight excluding hydrogens is 433 g/mol. The molecule has 0 spiro atoms.